The van der Waals surface area contributed by atoms with Gasteiger partial charge in [0.25, 0.3) is 11.8 Å². The molecule has 8 aliphatic rings. The first-order valence-corrected chi connectivity index (χ1v) is 50.4. The predicted molar refractivity (Wildman–Crippen MR) is 505 cm³/mol. The molecule has 2 aromatic heterocycles. The molecule has 0 radical (unpaired) electrons. The van der Waals surface area contributed by atoms with Gasteiger partial charge in [-0.3, -0.25) is 67.5 Å². The van der Waals surface area contributed by atoms with E-state index in [4.69, 9.17) is 37.9 Å². The van der Waals surface area contributed by atoms with Crippen LogP contribution in [0.3, 0.4) is 0 Å². The first-order valence-electron chi connectivity index (χ1n) is 50.4. The van der Waals surface area contributed by atoms with Crippen LogP contribution >= 0.6 is 0 Å². The van der Waals surface area contributed by atoms with Gasteiger partial charge in [-0.25, -0.2) is 9.59 Å². The highest BCUT2D eigenvalue weighted by Gasteiger charge is 2.57. The summed E-state index contributed by atoms with van der Waals surface area (Å²) in [6.07, 6.45) is 23.1. The molecule has 36 nitrogen and oxygen atoms in total. The van der Waals surface area contributed by atoms with E-state index in [0.717, 1.165) is 51.4 Å². The van der Waals surface area contributed by atoms with Crippen LogP contribution < -0.4 is 63.8 Å². The Balaban J connectivity index is 0.764. The van der Waals surface area contributed by atoms with E-state index in [-0.39, 0.29) is 154 Å². The quantitative estimate of drug-likeness (QED) is 0.0218. The van der Waals surface area contributed by atoms with Crippen molar-refractivity contribution in [3.8, 4) is 11.4 Å². The van der Waals surface area contributed by atoms with Gasteiger partial charge >= 0.3 is 11.9 Å². The first-order chi connectivity index (χ1) is 65.0. The van der Waals surface area contributed by atoms with Gasteiger partial charge in [-0.1, -0.05) is 182 Å². The second-order valence-electron chi connectivity index (χ2n) is 41.0. The molecule has 8 fully saturated rings. The molecule has 0 unspecified atom stereocenters. The number of hydrogen-bond donors (Lipinski definition) is 12. The maximum Gasteiger partial charge on any atom is 0.331 e. The van der Waals surface area contributed by atoms with E-state index in [1.165, 1.54) is 40.1 Å². The van der Waals surface area contributed by atoms with Gasteiger partial charge in [0.05, 0.1) is 88.6 Å². The lowest BCUT2D eigenvalue weighted by atomic mass is 9.74. The Morgan fingerprint density at radius 1 is 0.287 bits per heavy atom. The van der Waals surface area contributed by atoms with E-state index in [2.05, 4.69) is 73.8 Å². The van der Waals surface area contributed by atoms with Gasteiger partial charge in [0.2, 0.25) is 59.1 Å². The van der Waals surface area contributed by atoms with E-state index in [9.17, 15) is 38.4 Å². The van der Waals surface area contributed by atoms with Crippen molar-refractivity contribution in [3.05, 3.63) is 47.8 Å². The summed E-state index contributed by atoms with van der Waals surface area (Å²) in [7, 11) is 3.16. The summed E-state index contributed by atoms with van der Waals surface area (Å²) in [5, 5.41) is 36.9. The third kappa shape index (κ3) is 28.5. The normalized spacial score (nSPS) is 20.3. The lowest BCUT2D eigenvalue weighted by molar-refractivity contribution is -0.154. The van der Waals surface area contributed by atoms with Gasteiger partial charge < -0.3 is 102 Å². The number of esters is 2. The molecule has 0 spiro atoms. The molecule has 758 valence electrons. The molecule has 2 aromatic rings. The molecular formula is C100H156N14O22. The molecule has 2 heterocycles. The molecule has 10 rings (SSSR count). The first kappa shape index (κ1) is 109. The summed E-state index contributed by atoms with van der Waals surface area (Å²) in [5.41, 5.74) is -13.7. The number of pyridine rings is 2. The maximum absolute atomic E-state index is 15.5. The fourth-order valence-electron chi connectivity index (χ4n) is 20.7. The topological polar surface area (TPSA) is 483 Å². The number of hydrogen-bond acceptors (Lipinski definition) is 24. The van der Waals surface area contributed by atoms with Crippen molar-refractivity contribution in [2.45, 2.75) is 380 Å². The molecule has 8 aliphatic carbocycles. The minimum absolute atomic E-state index is 0.0713. The Morgan fingerprint density at radius 2 is 0.493 bits per heavy atom. The number of carbonyl (C=O) groups is 14. The predicted octanol–water partition coefficient (Wildman–Crippen LogP) is 8.44. The molecular weight excluding hydrogens is 1750 g/mol. The summed E-state index contributed by atoms with van der Waals surface area (Å²) in [4.78, 5) is 216. The van der Waals surface area contributed by atoms with Crippen LogP contribution in [0.25, 0.3) is 11.4 Å². The smallest absolute Gasteiger partial charge is 0.331 e. The Morgan fingerprint density at radius 3 is 0.699 bits per heavy atom. The van der Waals surface area contributed by atoms with Gasteiger partial charge in [0.15, 0.2) is 0 Å². The molecule has 136 heavy (non-hydrogen) atoms. The molecule has 12 N–H and O–H groups in total. The lowest BCUT2D eigenvalue weighted by Gasteiger charge is -2.46. The van der Waals surface area contributed by atoms with Crippen LogP contribution in [0, 0.1) is 11.8 Å². The number of carbonyl (C=O) groups excluding carboxylic acids is 14. The SMILES string of the molecule is COCCOCCOCCOC(=O)C(C)(C)NC(=O)[C@H](NC(=O)C1(NC(=O)C2(NC(=O)C3(NC(=O)C4(NC(=O)c5ccc(-c6ccc(C(=O)NC7(C(=O)NC8(C(=O)NC9(C(=O)NC%10(C(=O)N[C@@H](C(=O)NC(C)(C)C(=O)OCCOCCOCCOC)C(C)C)CCCCC%10)CCCCC9)CCCCC8)CCCCC7)cn6)nc5)CCCCC4)CCCCC3)CCCCC2)CCCCC1)C(C)C. The Kier molecular flexibility index (Phi) is 40.3. The summed E-state index contributed by atoms with van der Waals surface area (Å²) in [5.74, 6) is -8.99. The van der Waals surface area contributed by atoms with Crippen molar-refractivity contribution in [1.29, 1.82) is 0 Å². The summed E-state index contributed by atoms with van der Waals surface area (Å²) >= 11 is 0. The zero-order valence-electron chi connectivity index (χ0n) is 82.4. The zero-order chi connectivity index (χ0) is 98.3. The molecule has 36 heteroatoms. The molecule has 0 aliphatic heterocycles. The van der Waals surface area contributed by atoms with E-state index >= 15 is 28.8 Å². The largest absolute Gasteiger partial charge is 0.462 e. The molecule has 12 amide bonds. The van der Waals surface area contributed by atoms with Gasteiger partial charge in [-0.15, -0.1) is 0 Å². The second-order valence-corrected chi connectivity index (χ2v) is 41.0. The van der Waals surface area contributed by atoms with Crippen LogP contribution in [0.2, 0.25) is 0 Å². The minimum atomic E-state index is -1.50. The van der Waals surface area contributed by atoms with Crippen molar-refractivity contribution in [2.75, 3.05) is 93.5 Å². The van der Waals surface area contributed by atoms with E-state index in [1.54, 1.807) is 66.2 Å². The second kappa shape index (κ2) is 50.5. The minimum Gasteiger partial charge on any atom is -0.462 e. The van der Waals surface area contributed by atoms with Crippen LogP contribution in [-0.4, -0.2) is 254 Å². The standard InChI is InChI=1S/C100H156N14O22/c1-69(2)75(79(117)105-91(5,6)89(127)135-65-63-133-61-59-131-57-55-129-9)103-81(119)93(39-19-11-20-40-93)109-85(123)97(47-27-15-28-48-97)113-87(125)99(51-31-17-32-52-99)111-83(121)95(43-23-13-24-44-95)107-77(115)71-35-37-73(101-67-71)74-38-36-72(68-102-74)78(116)108-96(45-25-14-26-46-96)84(122)112-100(53-33-18-34-54-100)88(126)114-98(49-29-16-30-50-98)86(124)110-94(41-21-12-22-42-94)82(120)104-76(70(3)4)80(118)106-92(7,8)90(128)136-66-64-134-62-60-132-58-56-130-10/h35-38,67-70,75-76H,11-34,39-66H2,1-10H3,(H,103,119)(H,104,120)(H,105,117)(H,106,118)(H,107,115)(H,108,116)(H,109,123)(H,110,124)(H,111,121)(H,112,122)(H,113,125)(H,114,126)/t75-,76-/m1/s1. The highest BCUT2D eigenvalue weighted by molar-refractivity contribution is 6.06. The number of amides is 12. The van der Waals surface area contributed by atoms with Gasteiger partial charge in [-0.05, 0) is 167 Å². The van der Waals surface area contributed by atoms with Gasteiger partial charge in [-0.2, -0.15) is 0 Å². The summed E-state index contributed by atoms with van der Waals surface area (Å²) < 4.78 is 42.7. The van der Waals surface area contributed by atoms with Crippen molar-refractivity contribution in [2.24, 2.45) is 11.8 Å². The Bertz CT molecular complexity index is 4070. The average molecular weight is 1910 g/mol. The zero-order valence-corrected chi connectivity index (χ0v) is 82.4. The number of methoxy groups -OCH3 is 2. The summed E-state index contributed by atoms with van der Waals surface area (Å²) in [6, 6.07) is 4.10. The van der Waals surface area contributed by atoms with E-state index in [1.807, 2.05) is 0 Å². The molecule has 0 saturated heterocycles. The van der Waals surface area contributed by atoms with Crippen LogP contribution in [0.1, 0.15) is 333 Å². The van der Waals surface area contributed by atoms with Crippen molar-refractivity contribution in [3.63, 3.8) is 0 Å². The fraction of sp³-hybridized carbons (Fsp3) is 0.760. The number of nitrogens with one attached hydrogen (secondary N) is 12. The summed E-state index contributed by atoms with van der Waals surface area (Å²) in [6.45, 7) is 16.1. The van der Waals surface area contributed by atoms with Crippen molar-refractivity contribution < 1.29 is 105 Å². The molecule has 0 aromatic carbocycles. The maximum atomic E-state index is 15.5. The Labute approximate surface area is 801 Å². The number of ether oxygens (including phenoxy) is 8. The Hall–Kier alpha value is -9.36. The number of nitrogens with zero attached hydrogens (tertiary/aromatic N) is 2. The third-order valence-corrected chi connectivity index (χ3v) is 29.2. The van der Waals surface area contributed by atoms with Gasteiger partial charge in [0, 0.05) is 26.6 Å². The number of aromatic nitrogens is 2. The average Bonchev–Trinajstić information content (AvgIpc) is 0.761. The lowest BCUT2D eigenvalue weighted by Crippen LogP contribution is -2.72. The molecule has 8 saturated carbocycles. The van der Waals surface area contributed by atoms with E-state index < -0.39 is 162 Å². The van der Waals surface area contributed by atoms with Gasteiger partial charge in [0.1, 0.15) is 80.7 Å². The fourth-order valence-corrected chi connectivity index (χ4v) is 20.7. The van der Waals surface area contributed by atoms with Crippen LogP contribution in [0.4, 0.5) is 0 Å². The number of rotatable bonds is 47. The monoisotopic (exact) mass is 1910 g/mol. The van der Waals surface area contributed by atoms with E-state index in [0.29, 0.717) is 154 Å². The highest BCUT2D eigenvalue weighted by Crippen LogP contribution is 2.41. The van der Waals surface area contributed by atoms with Crippen LogP contribution in [-0.2, 0) is 95.4 Å². The molecule has 2 atom stereocenters. The van der Waals surface area contributed by atoms with Crippen LogP contribution in [0.5, 0.6) is 0 Å². The highest BCUT2D eigenvalue weighted by atomic mass is 16.6. The van der Waals surface area contributed by atoms with Crippen molar-refractivity contribution >= 4 is 82.8 Å². The van der Waals surface area contributed by atoms with Crippen molar-refractivity contribution in [1.82, 2.24) is 73.8 Å². The third-order valence-electron chi connectivity index (χ3n) is 29.2. The molecule has 0 bridgehead atoms. The van der Waals surface area contributed by atoms with Crippen LogP contribution in [0.15, 0.2) is 36.7 Å².